The zero-order valence-corrected chi connectivity index (χ0v) is 16.9. The summed E-state index contributed by atoms with van der Waals surface area (Å²) in [5.74, 6) is 1.90. The van der Waals surface area contributed by atoms with Gasteiger partial charge in [0.25, 0.3) is 5.56 Å². The van der Waals surface area contributed by atoms with Gasteiger partial charge in [0.1, 0.15) is 0 Å². The largest absolute Gasteiger partial charge is 0.493 e. The number of methoxy groups -OCH3 is 2. The van der Waals surface area contributed by atoms with Crippen LogP contribution in [0.2, 0.25) is 0 Å². The lowest BCUT2D eigenvalue weighted by molar-refractivity contribution is 0.355. The fourth-order valence-electron chi connectivity index (χ4n) is 3.28. The van der Waals surface area contributed by atoms with Crippen LogP contribution in [0.25, 0.3) is 22.0 Å². The van der Waals surface area contributed by atoms with E-state index in [1.54, 1.807) is 30.6 Å². The van der Waals surface area contributed by atoms with Crippen molar-refractivity contribution < 1.29 is 9.47 Å². The first-order valence-electron chi connectivity index (χ1n) is 9.19. The Labute approximate surface area is 172 Å². The molecule has 0 saturated carbocycles. The Bertz CT molecular complexity index is 1120. The lowest BCUT2D eigenvalue weighted by atomic mass is 10.2. The van der Waals surface area contributed by atoms with Crippen LogP contribution in [0, 0.1) is 0 Å². The van der Waals surface area contributed by atoms with Crippen molar-refractivity contribution in [2.75, 3.05) is 32.2 Å². The SMILES string of the molecule is COc1cc2nc(/C(Cl)=C/c3cnc(N4CCCC4)nc3)[nH]c(=O)c2cc1OC. The Hall–Kier alpha value is -3.13. The molecule has 0 spiro atoms. The maximum atomic E-state index is 12.5. The van der Waals surface area contributed by atoms with Gasteiger partial charge in [0.05, 0.1) is 30.2 Å². The molecule has 1 aliphatic rings. The molecule has 0 unspecified atom stereocenters. The lowest BCUT2D eigenvalue weighted by Crippen LogP contribution is -2.20. The van der Waals surface area contributed by atoms with E-state index in [0.29, 0.717) is 33.9 Å². The number of hydrogen-bond donors (Lipinski definition) is 1. The number of fused-ring (bicyclic) bond motifs is 1. The summed E-state index contributed by atoms with van der Waals surface area (Å²) >= 11 is 6.42. The summed E-state index contributed by atoms with van der Waals surface area (Å²) in [7, 11) is 3.03. The molecule has 1 aliphatic heterocycles. The molecule has 29 heavy (non-hydrogen) atoms. The first kappa shape index (κ1) is 19.2. The molecule has 8 nitrogen and oxygen atoms in total. The second-order valence-electron chi connectivity index (χ2n) is 6.64. The van der Waals surface area contributed by atoms with Gasteiger partial charge in [0.2, 0.25) is 5.95 Å². The van der Waals surface area contributed by atoms with Crippen LogP contribution >= 0.6 is 11.6 Å². The van der Waals surface area contributed by atoms with Crippen molar-refractivity contribution in [2.45, 2.75) is 12.8 Å². The van der Waals surface area contributed by atoms with E-state index in [-0.39, 0.29) is 16.4 Å². The first-order chi connectivity index (χ1) is 14.1. The number of ether oxygens (including phenoxy) is 2. The molecule has 2 aromatic heterocycles. The number of rotatable bonds is 5. The van der Waals surface area contributed by atoms with Crippen molar-refractivity contribution in [1.82, 2.24) is 19.9 Å². The monoisotopic (exact) mass is 413 g/mol. The van der Waals surface area contributed by atoms with Gasteiger partial charge in [-0.25, -0.2) is 15.0 Å². The molecule has 150 valence electrons. The highest BCUT2D eigenvalue weighted by Crippen LogP contribution is 2.30. The number of hydrogen-bond acceptors (Lipinski definition) is 7. The number of nitrogens with zero attached hydrogens (tertiary/aromatic N) is 4. The van der Waals surface area contributed by atoms with Crippen LogP contribution in [0.4, 0.5) is 5.95 Å². The van der Waals surface area contributed by atoms with Crippen molar-refractivity contribution in [3.05, 3.63) is 46.3 Å². The molecule has 0 amide bonds. The third kappa shape index (κ3) is 3.88. The van der Waals surface area contributed by atoms with E-state index in [1.165, 1.54) is 14.2 Å². The number of anilines is 1. The summed E-state index contributed by atoms with van der Waals surface area (Å²) in [6, 6.07) is 3.23. The summed E-state index contributed by atoms with van der Waals surface area (Å²) in [6.45, 7) is 1.96. The van der Waals surface area contributed by atoms with Crippen molar-refractivity contribution in [2.24, 2.45) is 0 Å². The minimum absolute atomic E-state index is 0.250. The molecule has 0 radical (unpaired) electrons. The molecule has 3 aromatic rings. The Morgan fingerprint density at radius 3 is 2.45 bits per heavy atom. The van der Waals surface area contributed by atoms with Gasteiger partial charge < -0.3 is 19.4 Å². The van der Waals surface area contributed by atoms with E-state index in [9.17, 15) is 4.79 Å². The summed E-state index contributed by atoms with van der Waals surface area (Å²) in [4.78, 5) is 30.6. The van der Waals surface area contributed by atoms with Gasteiger partial charge in [-0.3, -0.25) is 4.79 Å². The standard InChI is InChI=1S/C20H20ClN5O3/c1-28-16-8-13-15(9-17(16)29-2)24-18(25-19(13)27)14(21)7-12-10-22-20(23-11-12)26-5-3-4-6-26/h7-11H,3-6H2,1-2H3,(H,24,25,27)/b14-7-. The Morgan fingerprint density at radius 2 is 1.79 bits per heavy atom. The maximum absolute atomic E-state index is 12.5. The normalized spacial score (nSPS) is 14.4. The average Bonchev–Trinajstić information content (AvgIpc) is 3.28. The highest BCUT2D eigenvalue weighted by atomic mass is 35.5. The van der Waals surface area contributed by atoms with Crippen LogP contribution in [-0.4, -0.2) is 47.2 Å². The summed E-state index contributed by atoms with van der Waals surface area (Å²) in [5, 5.41) is 0.658. The third-order valence-electron chi connectivity index (χ3n) is 4.78. The summed E-state index contributed by atoms with van der Waals surface area (Å²) in [5.41, 5.74) is 0.847. The van der Waals surface area contributed by atoms with E-state index < -0.39 is 0 Å². The average molecular weight is 414 g/mol. The zero-order chi connectivity index (χ0) is 20.4. The van der Waals surface area contributed by atoms with Crippen LogP contribution in [0.15, 0.2) is 29.3 Å². The highest BCUT2D eigenvalue weighted by Gasteiger charge is 2.15. The van der Waals surface area contributed by atoms with Crippen LogP contribution < -0.4 is 19.9 Å². The minimum Gasteiger partial charge on any atom is -0.493 e. The highest BCUT2D eigenvalue weighted by molar-refractivity contribution is 6.50. The first-order valence-corrected chi connectivity index (χ1v) is 9.57. The zero-order valence-electron chi connectivity index (χ0n) is 16.1. The van der Waals surface area contributed by atoms with Gasteiger partial charge in [-0.2, -0.15) is 0 Å². The maximum Gasteiger partial charge on any atom is 0.259 e. The molecule has 1 saturated heterocycles. The Balaban J connectivity index is 1.67. The van der Waals surface area contributed by atoms with E-state index >= 15 is 0 Å². The third-order valence-corrected chi connectivity index (χ3v) is 5.07. The smallest absolute Gasteiger partial charge is 0.259 e. The number of aromatic nitrogens is 4. The number of H-pyrrole nitrogens is 1. The molecular formula is C20H20ClN5O3. The van der Waals surface area contributed by atoms with Crippen molar-refractivity contribution in [1.29, 1.82) is 0 Å². The Morgan fingerprint density at radius 1 is 1.14 bits per heavy atom. The second kappa shape index (κ2) is 8.08. The van der Waals surface area contributed by atoms with Gasteiger partial charge >= 0.3 is 0 Å². The molecule has 1 N–H and O–H groups in total. The molecule has 3 heterocycles. The molecule has 4 rings (SSSR count). The summed E-state index contributed by atoms with van der Waals surface area (Å²) < 4.78 is 10.5. The quantitative estimate of drug-likeness (QED) is 0.687. The number of nitrogens with one attached hydrogen (secondary N) is 1. The second-order valence-corrected chi connectivity index (χ2v) is 7.05. The fraction of sp³-hybridized carbons (Fsp3) is 0.300. The van der Waals surface area contributed by atoms with Gasteiger partial charge in [0, 0.05) is 37.1 Å². The van der Waals surface area contributed by atoms with E-state index in [4.69, 9.17) is 21.1 Å². The van der Waals surface area contributed by atoms with Gasteiger partial charge in [-0.1, -0.05) is 11.6 Å². The van der Waals surface area contributed by atoms with Crippen molar-refractivity contribution in [3.8, 4) is 11.5 Å². The van der Waals surface area contributed by atoms with Crippen molar-refractivity contribution in [3.63, 3.8) is 0 Å². The van der Waals surface area contributed by atoms with Crippen molar-refractivity contribution >= 4 is 39.6 Å². The Kier molecular flexibility index (Phi) is 5.35. The number of benzene rings is 1. The van der Waals surface area contributed by atoms with Gasteiger partial charge in [0.15, 0.2) is 17.3 Å². The molecule has 9 heteroatoms. The predicted molar refractivity (Wildman–Crippen MR) is 113 cm³/mol. The van der Waals surface area contributed by atoms with E-state index in [1.807, 2.05) is 0 Å². The minimum atomic E-state index is -0.321. The van der Waals surface area contributed by atoms with Gasteiger partial charge in [-0.05, 0) is 25.0 Å². The number of aromatic amines is 1. The van der Waals surface area contributed by atoms with Crippen LogP contribution in [0.5, 0.6) is 11.5 Å². The molecular weight excluding hydrogens is 394 g/mol. The molecule has 0 atom stereocenters. The predicted octanol–water partition coefficient (Wildman–Crippen LogP) is 3.07. The van der Waals surface area contributed by atoms with Crippen LogP contribution in [0.3, 0.4) is 0 Å². The summed E-state index contributed by atoms with van der Waals surface area (Å²) in [6.07, 6.45) is 7.40. The molecule has 1 aromatic carbocycles. The molecule has 1 fully saturated rings. The van der Waals surface area contributed by atoms with Crippen LogP contribution in [0.1, 0.15) is 24.2 Å². The lowest BCUT2D eigenvalue weighted by Gasteiger charge is -2.14. The van der Waals surface area contributed by atoms with E-state index in [0.717, 1.165) is 25.9 Å². The van der Waals surface area contributed by atoms with Crippen LogP contribution in [-0.2, 0) is 0 Å². The van der Waals surface area contributed by atoms with E-state index in [2.05, 4.69) is 24.8 Å². The number of halogens is 1. The topological polar surface area (TPSA) is 93.2 Å². The molecule has 0 aliphatic carbocycles. The fourth-order valence-corrected chi connectivity index (χ4v) is 3.50. The molecule has 0 bridgehead atoms. The van der Waals surface area contributed by atoms with Gasteiger partial charge in [-0.15, -0.1) is 0 Å².